The zero-order chi connectivity index (χ0) is 14.6. The average Bonchev–Trinajstić information content (AvgIpc) is 2.39. The summed E-state index contributed by atoms with van der Waals surface area (Å²) in [6.07, 6.45) is 0. The van der Waals surface area contributed by atoms with E-state index in [9.17, 15) is 25.3 Å². The van der Waals surface area contributed by atoms with Crippen molar-refractivity contribution in [3.8, 4) is 0 Å². The van der Waals surface area contributed by atoms with E-state index in [0.29, 0.717) is 5.01 Å². The number of nitro benzene ring substituents is 1. The lowest BCUT2D eigenvalue weighted by Crippen LogP contribution is -2.43. The van der Waals surface area contributed by atoms with E-state index in [0.717, 1.165) is 24.3 Å². The van der Waals surface area contributed by atoms with Crippen LogP contribution in [-0.4, -0.2) is 27.0 Å². The van der Waals surface area contributed by atoms with Gasteiger partial charge in [-0.2, -0.15) is 0 Å². The van der Waals surface area contributed by atoms with Crippen LogP contribution in [0.1, 0.15) is 6.92 Å². The summed E-state index contributed by atoms with van der Waals surface area (Å²) in [5, 5.41) is 43.4. The lowest BCUT2D eigenvalue weighted by atomic mass is 10.2. The molecule has 10 heteroatoms. The molecule has 0 radical (unpaired) electrons. The molecule has 0 spiro atoms. The topological polar surface area (TPSA) is 145 Å². The highest BCUT2D eigenvalue weighted by Gasteiger charge is 2.29. The molecule has 0 fully saturated rings. The maximum absolute atomic E-state index is 11.2. The van der Waals surface area contributed by atoms with Crippen molar-refractivity contribution >= 4 is 17.3 Å². The van der Waals surface area contributed by atoms with Gasteiger partial charge in [0.25, 0.3) is 5.69 Å². The Morgan fingerprint density at radius 3 is 2.26 bits per heavy atom. The van der Waals surface area contributed by atoms with Crippen molar-refractivity contribution in [3.63, 3.8) is 0 Å². The van der Waals surface area contributed by atoms with Crippen molar-refractivity contribution in [2.45, 2.75) is 13.0 Å². The number of hydrogen-bond acceptors (Lipinski definition) is 6. The lowest BCUT2D eigenvalue weighted by molar-refractivity contribution is -0.542. The van der Waals surface area contributed by atoms with E-state index in [1.807, 2.05) is 0 Å². The molecule has 0 aliphatic rings. The molecule has 0 amide bonds. The van der Waals surface area contributed by atoms with Crippen LogP contribution < -0.4 is 5.01 Å². The van der Waals surface area contributed by atoms with Crippen LogP contribution in [0.15, 0.2) is 29.5 Å². The Morgan fingerprint density at radius 2 is 1.89 bits per heavy atom. The first-order valence-corrected chi connectivity index (χ1v) is 4.95. The van der Waals surface area contributed by atoms with Crippen LogP contribution >= 0.6 is 0 Å². The first-order valence-electron chi connectivity index (χ1n) is 4.95. The number of hydrogen-bond donors (Lipinski definition) is 1. The summed E-state index contributed by atoms with van der Waals surface area (Å²) in [6.45, 7) is 1.17. The van der Waals surface area contributed by atoms with E-state index in [1.54, 1.807) is 0 Å². The van der Waals surface area contributed by atoms with Gasteiger partial charge in [0.05, 0.1) is 4.92 Å². The molecule has 1 unspecified atom stereocenters. The van der Waals surface area contributed by atoms with E-state index >= 15 is 0 Å². The predicted molar refractivity (Wildman–Crippen MR) is 62.1 cm³/mol. The first kappa shape index (κ1) is 14.2. The van der Waals surface area contributed by atoms with E-state index in [1.165, 1.54) is 6.92 Å². The second kappa shape index (κ2) is 5.62. The predicted octanol–water partition coefficient (Wildman–Crippen LogP) is 1.25. The van der Waals surface area contributed by atoms with Crippen molar-refractivity contribution < 1.29 is 19.8 Å². The molecule has 0 aliphatic carbocycles. The maximum Gasteiger partial charge on any atom is 0.332 e. The summed E-state index contributed by atoms with van der Waals surface area (Å²) in [5.41, 5.74) is -0.238. The standard InChI is InChI=1S/C9H10N4O6/c1-6(9(14)15)11(13(19)10-16)7-2-4-8(5-3-7)12(17)18/h2-6,16H,1H3,(H,14,15)/p-1/b13-10-. The molecule has 0 saturated heterocycles. The number of nitrogens with zero attached hydrogens (tertiary/aromatic N) is 4. The monoisotopic (exact) mass is 269 g/mol. The van der Waals surface area contributed by atoms with Gasteiger partial charge in [-0.05, 0) is 24.3 Å². The molecule has 0 aromatic heterocycles. The third-order valence-electron chi connectivity index (χ3n) is 2.30. The number of benzene rings is 1. The summed E-state index contributed by atoms with van der Waals surface area (Å²) in [6, 6.07) is 3.09. The van der Waals surface area contributed by atoms with Gasteiger partial charge in [-0.1, -0.05) is 0 Å². The van der Waals surface area contributed by atoms with Gasteiger partial charge < -0.3 is 15.5 Å². The highest BCUT2D eigenvalue weighted by molar-refractivity contribution is 5.76. The number of carboxylic acids is 1. The van der Waals surface area contributed by atoms with Gasteiger partial charge in [0.1, 0.15) is 5.69 Å². The minimum atomic E-state index is -1.36. The summed E-state index contributed by atoms with van der Waals surface area (Å²) in [7, 11) is 0. The van der Waals surface area contributed by atoms with Crippen LogP contribution in [-0.2, 0) is 4.79 Å². The number of carboxylic acid groups (broad SMARTS) is 1. The van der Waals surface area contributed by atoms with Gasteiger partial charge in [-0.25, -0.2) is 4.79 Å². The SMILES string of the molecule is CC(C(=O)O)N(c1ccc([N+](=O)[O-])cc1)/[N+]([O-])=N/[O-]. The molecule has 10 nitrogen and oxygen atoms in total. The normalized spacial score (nSPS) is 12.8. The fourth-order valence-electron chi connectivity index (χ4n) is 1.34. The van der Waals surface area contributed by atoms with Gasteiger partial charge in [0.15, 0.2) is 6.04 Å². The number of aliphatic carboxylic acids is 1. The zero-order valence-corrected chi connectivity index (χ0v) is 9.66. The summed E-state index contributed by atoms with van der Waals surface area (Å²) in [4.78, 5) is 20.2. The molecule has 1 atom stereocenters. The molecule has 102 valence electrons. The second-order valence-electron chi connectivity index (χ2n) is 3.47. The van der Waals surface area contributed by atoms with E-state index in [-0.39, 0.29) is 11.4 Å². The summed E-state index contributed by atoms with van der Waals surface area (Å²) < 4.78 is 0. The van der Waals surface area contributed by atoms with Gasteiger partial charge in [-0.15, -0.1) is 5.01 Å². The minimum absolute atomic E-state index is 0.00454. The Hall–Kier alpha value is -2.91. The summed E-state index contributed by atoms with van der Waals surface area (Å²) in [5.74, 6) is -1.36. The minimum Gasteiger partial charge on any atom is -0.737 e. The van der Waals surface area contributed by atoms with Crippen molar-refractivity contribution in [3.05, 3.63) is 44.8 Å². The van der Waals surface area contributed by atoms with Crippen molar-refractivity contribution in [2.24, 2.45) is 5.28 Å². The second-order valence-corrected chi connectivity index (χ2v) is 3.47. The smallest absolute Gasteiger partial charge is 0.332 e. The molecule has 0 bridgehead atoms. The fourth-order valence-corrected chi connectivity index (χ4v) is 1.34. The number of non-ortho nitro benzene ring substituents is 1. The molecule has 1 N–H and O–H groups in total. The van der Waals surface area contributed by atoms with Crippen molar-refractivity contribution in [1.82, 2.24) is 0 Å². The van der Waals surface area contributed by atoms with E-state index < -0.39 is 21.9 Å². The van der Waals surface area contributed by atoms with Gasteiger partial charge in [0, 0.05) is 17.1 Å². The number of carbonyl (C=O) groups is 1. The summed E-state index contributed by atoms with van der Waals surface area (Å²) >= 11 is 0. The Kier molecular flexibility index (Phi) is 4.19. The third-order valence-corrected chi connectivity index (χ3v) is 2.30. The molecule has 0 saturated carbocycles. The maximum atomic E-state index is 11.2. The molecular formula is C9H9N4O6-. The average molecular weight is 269 g/mol. The van der Waals surface area contributed by atoms with Gasteiger partial charge in [0.2, 0.25) is 0 Å². The van der Waals surface area contributed by atoms with E-state index in [4.69, 9.17) is 5.11 Å². The molecule has 19 heavy (non-hydrogen) atoms. The van der Waals surface area contributed by atoms with Crippen molar-refractivity contribution in [1.29, 1.82) is 0 Å². The Morgan fingerprint density at radius 1 is 1.37 bits per heavy atom. The number of hydrazine groups is 1. The molecular weight excluding hydrogens is 260 g/mol. The van der Waals surface area contributed by atoms with Crippen LogP contribution in [0.25, 0.3) is 0 Å². The lowest BCUT2D eigenvalue weighted by Gasteiger charge is -2.22. The molecule has 0 aliphatic heterocycles. The van der Waals surface area contributed by atoms with Gasteiger partial charge in [-0.3, -0.25) is 10.1 Å². The fraction of sp³-hybridized carbons (Fsp3) is 0.222. The number of nitro groups is 1. The van der Waals surface area contributed by atoms with Crippen LogP contribution in [0.5, 0.6) is 0 Å². The molecule has 1 aromatic rings. The Labute approximate surface area is 106 Å². The zero-order valence-electron chi connectivity index (χ0n) is 9.66. The largest absolute Gasteiger partial charge is 0.737 e. The van der Waals surface area contributed by atoms with Crippen LogP contribution in [0.4, 0.5) is 11.4 Å². The highest BCUT2D eigenvalue weighted by Crippen LogP contribution is 2.21. The quantitative estimate of drug-likeness (QED) is 0.366. The molecule has 1 aromatic carbocycles. The molecule has 0 heterocycles. The number of rotatable bonds is 5. The first-order chi connectivity index (χ1) is 8.88. The molecule has 1 rings (SSSR count). The third kappa shape index (κ3) is 3.06. The van der Waals surface area contributed by atoms with Crippen molar-refractivity contribution in [2.75, 3.05) is 5.01 Å². The Bertz CT molecular complexity index is 514. The van der Waals surface area contributed by atoms with Crippen LogP contribution in [0, 0.1) is 20.5 Å². The van der Waals surface area contributed by atoms with Crippen LogP contribution in [0.2, 0.25) is 0 Å². The van der Waals surface area contributed by atoms with Gasteiger partial charge >= 0.3 is 5.97 Å². The Balaban J connectivity index is 3.18. The highest BCUT2D eigenvalue weighted by atomic mass is 16.6. The number of anilines is 1. The van der Waals surface area contributed by atoms with E-state index in [2.05, 4.69) is 5.28 Å². The van der Waals surface area contributed by atoms with Crippen LogP contribution in [0.3, 0.4) is 0 Å².